The highest BCUT2D eigenvalue weighted by atomic mass is 16.5. The predicted octanol–water partition coefficient (Wildman–Crippen LogP) is 4.94. The van der Waals surface area contributed by atoms with E-state index in [0.29, 0.717) is 18.5 Å². The topological polar surface area (TPSA) is 32.8 Å². The molecule has 0 unspecified atom stereocenters. The van der Waals surface area contributed by atoms with Crippen LogP contribution in [0.25, 0.3) is 0 Å². The van der Waals surface area contributed by atoms with E-state index in [0.717, 1.165) is 56.8 Å². The Morgan fingerprint density at radius 1 is 1.23 bits per heavy atom. The summed E-state index contributed by atoms with van der Waals surface area (Å²) in [6.45, 7) is 9.54. The Hall–Kier alpha value is -2.33. The summed E-state index contributed by atoms with van der Waals surface area (Å²) in [6.07, 6.45) is 4.22. The van der Waals surface area contributed by atoms with Crippen LogP contribution >= 0.6 is 0 Å². The number of likely N-dealkylation sites (tertiary alicyclic amines) is 1. The Kier molecular flexibility index (Phi) is 6.43. The van der Waals surface area contributed by atoms with Gasteiger partial charge in [0.1, 0.15) is 5.75 Å². The molecule has 0 aromatic heterocycles. The highest BCUT2D eigenvalue weighted by molar-refractivity contribution is 5.94. The van der Waals surface area contributed by atoms with Crippen molar-refractivity contribution in [2.24, 2.45) is 0 Å². The maximum absolute atomic E-state index is 13.3. The first-order chi connectivity index (χ1) is 14.5. The molecule has 2 atom stereocenters. The third kappa shape index (κ3) is 4.54. The number of ether oxygens (including phenoxy) is 1. The zero-order chi connectivity index (χ0) is 21.1. The van der Waals surface area contributed by atoms with E-state index >= 15 is 0 Å². The molecule has 0 spiro atoms. The third-order valence-electron chi connectivity index (χ3n) is 6.58. The molecule has 2 aliphatic heterocycles. The Morgan fingerprint density at radius 3 is 2.90 bits per heavy atom. The van der Waals surface area contributed by atoms with E-state index in [2.05, 4.69) is 62.1 Å². The average Bonchev–Trinajstić information content (AvgIpc) is 3.34. The maximum Gasteiger partial charge on any atom is 0.241 e. The minimum absolute atomic E-state index is 0.212. The SMILES string of the molecule is CCCCN(C(=O)CN1C[C@H](c2ccc3c(c2)CCO3)C[C@@H]1C)c1cccc(C)c1. The van der Waals surface area contributed by atoms with Crippen molar-refractivity contribution in [2.75, 3.05) is 31.1 Å². The van der Waals surface area contributed by atoms with E-state index < -0.39 is 0 Å². The second-order valence-electron chi connectivity index (χ2n) is 8.91. The van der Waals surface area contributed by atoms with Crippen LogP contribution in [0, 0.1) is 6.92 Å². The molecule has 2 aromatic carbocycles. The van der Waals surface area contributed by atoms with E-state index in [1.807, 2.05) is 11.0 Å². The minimum Gasteiger partial charge on any atom is -0.493 e. The zero-order valence-corrected chi connectivity index (χ0v) is 18.6. The van der Waals surface area contributed by atoms with Crippen molar-refractivity contribution in [3.8, 4) is 5.75 Å². The molecule has 30 heavy (non-hydrogen) atoms. The zero-order valence-electron chi connectivity index (χ0n) is 18.6. The van der Waals surface area contributed by atoms with Crippen LogP contribution in [0.2, 0.25) is 0 Å². The van der Waals surface area contributed by atoms with Crippen LogP contribution in [-0.4, -0.2) is 43.1 Å². The smallest absolute Gasteiger partial charge is 0.241 e. The molecule has 0 bridgehead atoms. The Balaban J connectivity index is 1.45. The maximum atomic E-state index is 13.3. The molecule has 160 valence electrons. The summed E-state index contributed by atoms with van der Waals surface area (Å²) in [7, 11) is 0. The molecule has 1 fully saturated rings. The highest BCUT2D eigenvalue weighted by Gasteiger charge is 2.33. The lowest BCUT2D eigenvalue weighted by Crippen LogP contribution is -2.42. The molecular weight excluding hydrogens is 372 g/mol. The standard InChI is InChI=1S/C26H34N2O2/c1-4-5-12-28(24-8-6-7-19(2)14-24)26(29)18-27-17-23(15-20(27)3)21-9-10-25-22(16-21)11-13-30-25/h6-10,14,16,20,23H,4-5,11-13,15,17-18H2,1-3H3/t20-,23+/m0/s1. The lowest BCUT2D eigenvalue weighted by Gasteiger charge is -2.27. The van der Waals surface area contributed by atoms with E-state index in [1.165, 1.54) is 16.7 Å². The number of hydrogen-bond acceptors (Lipinski definition) is 3. The van der Waals surface area contributed by atoms with Crippen molar-refractivity contribution in [1.82, 2.24) is 4.90 Å². The number of unbranched alkanes of at least 4 members (excludes halogenated alkanes) is 1. The monoisotopic (exact) mass is 406 g/mol. The molecule has 2 aliphatic rings. The second-order valence-corrected chi connectivity index (χ2v) is 8.91. The molecule has 2 aromatic rings. The average molecular weight is 407 g/mol. The lowest BCUT2D eigenvalue weighted by molar-refractivity contribution is -0.119. The van der Waals surface area contributed by atoms with E-state index in [4.69, 9.17) is 4.74 Å². The van der Waals surface area contributed by atoms with Gasteiger partial charge in [-0.25, -0.2) is 0 Å². The number of benzene rings is 2. The molecule has 0 N–H and O–H groups in total. The molecule has 0 radical (unpaired) electrons. The van der Waals surface area contributed by atoms with Gasteiger partial charge in [0.25, 0.3) is 0 Å². The summed E-state index contributed by atoms with van der Waals surface area (Å²) >= 11 is 0. The molecule has 1 amide bonds. The van der Waals surface area contributed by atoms with E-state index in [9.17, 15) is 4.79 Å². The lowest BCUT2D eigenvalue weighted by atomic mass is 9.94. The van der Waals surface area contributed by atoms with Gasteiger partial charge in [0, 0.05) is 31.2 Å². The Labute approximate surface area is 180 Å². The number of aryl methyl sites for hydroxylation is 1. The summed E-state index contributed by atoms with van der Waals surface area (Å²) in [4.78, 5) is 17.7. The van der Waals surface area contributed by atoms with Crippen LogP contribution < -0.4 is 9.64 Å². The van der Waals surface area contributed by atoms with Gasteiger partial charge in [0.15, 0.2) is 0 Å². The first-order valence-electron chi connectivity index (χ1n) is 11.4. The fourth-order valence-electron chi connectivity index (χ4n) is 4.79. The van der Waals surface area contributed by atoms with Crippen LogP contribution in [0.4, 0.5) is 5.69 Å². The van der Waals surface area contributed by atoms with Gasteiger partial charge in [-0.15, -0.1) is 0 Å². The summed E-state index contributed by atoms with van der Waals surface area (Å²) in [5.74, 6) is 1.74. The number of amides is 1. The molecule has 4 nitrogen and oxygen atoms in total. The van der Waals surface area contributed by atoms with Crippen molar-refractivity contribution < 1.29 is 9.53 Å². The first kappa shape index (κ1) is 20.9. The number of hydrogen-bond donors (Lipinski definition) is 0. The van der Waals surface area contributed by atoms with Gasteiger partial charge in [-0.2, -0.15) is 0 Å². The number of rotatable bonds is 7. The van der Waals surface area contributed by atoms with Gasteiger partial charge in [-0.3, -0.25) is 9.69 Å². The summed E-state index contributed by atoms with van der Waals surface area (Å²) in [5.41, 5.74) is 4.94. The van der Waals surface area contributed by atoms with Gasteiger partial charge >= 0.3 is 0 Å². The van der Waals surface area contributed by atoms with Gasteiger partial charge in [0.05, 0.1) is 13.2 Å². The van der Waals surface area contributed by atoms with Crippen molar-refractivity contribution >= 4 is 11.6 Å². The molecular formula is C26H34N2O2. The highest BCUT2D eigenvalue weighted by Crippen LogP contribution is 2.35. The summed E-state index contributed by atoms with van der Waals surface area (Å²) in [6, 6.07) is 15.4. The second kappa shape index (κ2) is 9.22. The third-order valence-corrected chi connectivity index (χ3v) is 6.58. The van der Waals surface area contributed by atoms with Crippen LogP contribution in [0.3, 0.4) is 0 Å². The van der Waals surface area contributed by atoms with Gasteiger partial charge in [-0.1, -0.05) is 37.6 Å². The van der Waals surface area contributed by atoms with Gasteiger partial charge in [0.2, 0.25) is 5.91 Å². The van der Waals surface area contributed by atoms with Crippen LogP contribution in [0.15, 0.2) is 42.5 Å². The fourth-order valence-corrected chi connectivity index (χ4v) is 4.79. The predicted molar refractivity (Wildman–Crippen MR) is 122 cm³/mol. The van der Waals surface area contributed by atoms with Crippen LogP contribution in [0.5, 0.6) is 5.75 Å². The van der Waals surface area contributed by atoms with E-state index in [-0.39, 0.29) is 5.91 Å². The molecule has 0 aliphatic carbocycles. The molecule has 4 rings (SSSR count). The quantitative estimate of drug-likeness (QED) is 0.653. The number of fused-ring (bicyclic) bond motifs is 1. The van der Waals surface area contributed by atoms with Gasteiger partial charge in [-0.05, 0) is 67.5 Å². The van der Waals surface area contributed by atoms with Crippen molar-refractivity contribution in [3.05, 3.63) is 59.2 Å². The summed E-state index contributed by atoms with van der Waals surface area (Å²) in [5, 5.41) is 0. The Bertz CT molecular complexity index is 894. The minimum atomic E-state index is 0.212. The van der Waals surface area contributed by atoms with Crippen molar-refractivity contribution in [2.45, 2.75) is 58.4 Å². The van der Waals surface area contributed by atoms with Crippen LogP contribution in [-0.2, 0) is 11.2 Å². The number of carbonyl (C=O) groups is 1. The summed E-state index contributed by atoms with van der Waals surface area (Å²) < 4.78 is 5.66. The normalized spacial score (nSPS) is 20.8. The fraction of sp³-hybridized carbons (Fsp3) is 0.500. The Morgan fingerprint density at radius 2 is 2.10 bits per heavy atom. The van der Waals surface area contributed by atoms with Crippen LogP contribution in [0.1, 0.15) is 55.7 Å². The number of anilines is 1. The first-order valence-corrected chi connectivity index (χ1v) is 11.4. The van der Waals surface area contributed by atoms with Gasteiger partial charge < -0.3 is 9.64 Å². The molecule has 1 saturated heterocycles. The molecule has 4 heteroatoms. The van der Waals surface area contributed by atoms with Crippen molar-refractivity contribution in [3.63, 3.8) is 0 Å². The number of nitrogens with zero attached hydrogens (tertiary/aromatic N) is 2. The molecule has 0 saturated carbocycles. The van der Waals surface area contributed by atoms with Crippen molar-refractivity contribution in [1.29, 1.82) is 0 Å². The number of carbonyl (C=O) groups excluding carboxylic acids is 1. The molecule has 2 heterocycles. The van der Waals surface area contributed by atoms with E-state index in [1.54, 1.807) is 0 Å². The largest absolute Gasteiger partial charge is 0.493 e.